The van der Waals surface area contributed by atoms with Crippen LogP contribution in [-0.2, 0) is 6.54 Å². The van der Waals surface area contributed by atoms with E-state index in [2.05, 4.69) is 47.8 Å². The third kappa shape index (κ3) is 4.38. The normalized spacial score (nSPS) is 19.0. The minimum Gasteiger partial charge on any atom is -0.354 e. The predicted molar refractivity (Wildman–Crippen MR) is 87.5 cm³/mol. The van der Waals surface area contributed by atoms with Gasteiger partial charge in [0.2, 0.25) is 0 Å². The van der Waals surface area contributed by atoms with Gasteiger partial charge in [-0.05, 0) is 19.5 Å². The van der Waals surface area contributed by atoms with E-state index in [1.54, 1.807) is 0 Å². The quantitative estimate of drug-likeness (QED) is 0.831. The molecular formula is C16H29N5. The van der Waals surface area contributed by atoms with Gasteiger partial charge in [-0.15, -0.1) is 0 Å². The molecule has 1 aliphatic heterocycles. The van der Waals surface area contributed by atoms with Crippen LogP contribution in [0.4, 0.5) is 5.82 Å². The highest BCUT2D eigenvalue weighted by Crippen LogP contribution is 2.20. The first-order valence-electron chi connectivity index (χ1n) is 8.17. The van der Waals surface area contributed by atoms with E-state index in [1.165, 1.54) is 6.42 Å². The van der Waals surface area contributed by atoms with Crippen molar-refractivity contribution in [2.45, 2.75) is 52.7 Å². The molecule has 0 radical (unpaired) electrons. The van der Waals surface area contributed by atoms with Crippen molar-refractivity contribution in [3.8, 4) is 0 Å². The van der Waals surface area contributed by atoms with Gasteiger partial charge >= 0.3 is 0 Å². The number of anilines is 1. The van der Waals surface area contributed by atoms with Gasteiger partial charge in [0.1, 0.15) is 5.82 Å². The first kappa shape index (κ1) is 16.2. The molecule has 21 heavy (non-hydrogen) atoms. The van der Waals surface area contributed by atoms with Crippen LogP contribution in [0.2, 0.25) is 0 Å². The van der Waals surface area contributed by atoms with E-state index in [0.29, 0.717) is 12.1 Å². The average Bonchev–Trinajstić information content (AvgIpc) is 2.96. The van der Waals surface area contributed by atoms with Gasteiger partial charge in [-0.1, -0.05) is 27.7 Å². The fraction of sp³-hybridized carbons (Fsp3) is 0.750. The lowest BCUT2D eigenvalue weighted by Crippen LogP contribution is -2.37. The Morgan fingerprint density at radius 2 is 2.10 bits per heavy atom. The summed E-state index contributed by atoms with van der Waals surface area (Å²) in [5, 5.41) is 3.40. The van der Waals surface area contributed by atoms with Crippen molar-refractivity contribution in [3.05, 3.63) is 18.1 Å². The monoisotopic (exact) mass is 291 g/mol. The van der Waals surface area contributed by atoms with Crippen LogP contribution in [0, 0.1) is 0 Å². The van der Waals surface area contributed by atoms with E-state index in [-0.39, 0.29) is 0 Å². The van der Waals surface area contributed by atoms with Crippen LogP contribution in [0.25, 0.3) is 0 Å². The summed E-state index contributed by atoms with van der Waals surface area (Å²) in [6, 6.07) is 1.12. The molecule has 2 heterocycles. The summed E-state index contributed by atoms with van der Waals surface area (Å²) in [5.41, 5.74) is 1.02. The molecule has 2 rings (SSSR count). The molecule has 118 valence electrons. The molecule has 1 aliphatic rings. The zero-order valence-corrected chi connectivity index (χ0v) is 13.8. The van der Waals surface area contributed by atoms with Crippen molar-refractivity contribution in [1.29, 1.82) is 0 Å². The van der Waals surface area contributed by atoms with E-state index in [1.807, 2.05) is 12.4 Å². The van der Waals surface area contributed by atoms with Crippen LogP contribution in [0.5, 0.6) is 0 Å². The molecule has 0 spiro atoms. The van der Waals surface area contributed by atoms with Gasteiger partial charge < -0.3 is 10.2 Å². The minimum absolute atomic E-state index is 0.467. The third-order valence-electron chi connectivity index (χ3n) is 4.18. The van der Waals surface area contributed by atoms with Gasteiger partial charge in [-0.2, -0.15) is 0 Å². The first-order valence-corrected chi connectivity index (χ1v) is 8.17. The Morgan fingerprint density at radius 1 is 1.33 bits per heavy atom. The molecule has 0 saturated carbocycles. The van der Waals surface area contributed by atoms with Crippen LogP contribution in [0.15, 0.2) is 12.4 Å². The average molecular weight is 291 g/mol. The summed E-state index contributed by atoms with van der Waals surface area (Å²) in [6.07, 6.45) is 4.97. The highest BCUT2D eigenvalue weighted by Gasteiger charge is 2.27. The number of rotatable bonds is 7. The van der Waals surface area contributed by atoms with Crippen LogP contribution >= 0.6 is 0 Å². The second-order valence-corrected chi connectivity index (χ2v) is 6.01. The lowest BCUT2D eigenvalue weighted by atomic mass is 10.2. The van der Waals surface area contributed by atoms with Crippen molar-refractivity contribution in [1.82, 2.24) is 20.2 Å². The van der Waals surface area contributed by atoms with Crippen molar-refractivity contribution in [2.75, 3.05) is 31.1 Å². The van der Waals surface area contributed by atoms with Crippen molar-refractivity contribution in [2.24, 2.45) is 0 Å². The molecule has 1 N–H and O–H groups in total. The maximum absolute atomic E-state index is 4.75. The largest absolute Gasteiger partial charge is 0.354 e. The highest BCUT2D eigenvalue weighted by molar-refractivity contribution is 5.38. The molecule has 5 heteroatoms. The third-order valence-corrected chi connectivity index (χ3v) is 4.18. The van der Waals surface area contributed by atoms with E-state index in [9.17, 15) is 0 Å². The maximum atomic E-state index is 4.75. The molecule has 1 saturated heterocycles. The smallest absolute Gasteiger partial charge is 0.147 e. The van der Waals surface area contributed by atoms with Gasteiger partial charge in [0, 0.05) is 37.9 Å². The van der Waals surface area contributed by atoms with Gasteiger partial charge in [0.05, 0.1) is 11.9 Å². The SMILES string of the molecule is CCN(CC)C1CCN(c2cncc(CNC(C)C)n2)C1. The van der Waals surface area contributed by atoms with E-state index in [0.717, 1.165) is 44.2 Å². The second kappa shape index (κ2) is 7.71. The zero-order valence-electron chi connectivity index (χ0n) is 13.8. The summed E-state index contributed by atoms with van der Waals surface area (Å²) in [5.74, 6) is 1.02. The van der Waals surface area contributed by atoms with Crippen molar-refractivity contribution < 1.29 is 0 Å². The molecule has 0 aromatic carbocycles. The Labute approximate surface area is 128 Å². The second-order valence-electron chi connectivity index (χ2n) is 6.01. The Bertz CT molecular complexity index is 430. The summed E-state index contributed by atoms with van der Waals surface area (Å²) in [4.78, 5) is 14.0. The lowest BCUT2D eigenvalue weighted by molar-refractivity contribution is 0.232. The van der Waals surface area contributed by atoms with Crippen LogP contribution in [0.3, 0.4) is 0 Å². The van der Waals surface area contributed by atoms with Crippen molar-refractivity contribution >= 4 is 5.82 Å². The lowest BCUT2D eigenvalue weighted by Gasteiger charge is -2.26. The maximum Gasteiger partial charge on any atom is 0.147 e. The molecule has 1 unspecified atom stereocenters. The number of hydrogen-bond acceptors (Lipinski definition) is 5. The molecule has 1 fully saturated rings. The van der Waals surface area contributed by atoms with Crippen LogP contribution < -0.4 is 10.2 Å². The zero-order chi connectivity index (χ0) is 15.2. The van der Waals surface area contributed by atoms with Gasteiger partial charge in [0.25, 0.3) is 0 Å². The number of nitrogens with one attached hydrogen (secondary N) is 1. The highest BCUT2D eigenvalue weighted by atomic mass is 15.3. The molecule has 5 nitrogen and oxygen atoms in total. The minimum atomic E-state index is 0.467. The standard InChI is InChI=1S/C16H29N5/c1-5-20(6-2)15-7-8-21(12-15)16-11-17-9-14(19-16)10-18-13(3)4/h9,11,13,15,18H,5-8,10,12H2,1-4H3. The number of likely N-dealkylation sites (N-methyl/N-ethyl adjacent to an activating group) is 1. The number of aromatic nitrogens is 2. The fourth-order valence-electron chi connectivity index (χ4n) is 2.93. The Morgan fingerprint density at radius 3 is 2.76 bits per heavy atom. The first-order chi connectivity index (χ1) is 10.1. The van der Waals surface area contributed by atoms with E-state index >= 15 is 0 Å². The Kier molecular flexibility index (Phi) is 5.94. The van der Waals surface area contributed by atoms with Crippen molar-refractivity contribution in [3.63, 3.8) is 0 Å². The number of nitrogens with zero attached hydrogens (tertiary/aromatic N) is 4. The molecule has 0 aliphatic carbocycles. The molecule has 1 atom stereocenters. The molecule has 1 aromatic heterocycles. The molecular weight excluding hydrogens is 262 g/mol. The summed E-state index contributed by atoms with van der Waals surface area (Å²) in [7, 11) is 0. The summed E-state index contributed by atoms with van der Waals surface area (Å²) in [6.45, 7) is 13.9. The van der Waals surface area contributed by atoms with E-state index < -0.39 is 0 Å². The molecule has 0 bridgehead atoms. The Balaban J connectivity index is 1.98. The molecule has 1 aromatic rings. The summed E-state index contributed by atoms with van der Waals surface area (Å²) >= 11 is 0. The fourth-order valence-corrected chi connectivity index (χ4v) is 2.93. The summed E-state index contributed by atoms with van der Waals surface area (Å²) < 4.78 is 0. The van der Waals surface area contributed by atoms with Crippen LogP contribution in [0.1, 0.15) is 39.8 Å². The number of hydrogen-bond donors (Lipinski definition) is 1. The van der Waals surface area contributed by atoms with Gasteiger partial charge in [0.15, 0.2) is 0 Å². The molecule has 0 amide bonds. The predicted octanol–water partition coefficient (Wildman–Crippen LogP) is 1.90. The van der Waals surface area contributed by atoms with Gasteiger partial charge in [-0.25, -0.2) is 4.98 Å². The van der Waals surface area contributed by atoms with Crippen LogP contribution in [-0.4, -0.2) is 53.1 Å². The van der Waals surface area contributed by atoms with Gasteiger partial charge in [-0.3, -0.25) is 9.88 Å². The van der Waals surface area contributed by atoms with E-state index in [4.69, 9.17) is 4.98 Å². The Hall–Kier alpha value is -1.20. The topological polar surface area (TPSA) is 44.3 Å².